The number of ether oxygens (including phenoxy) is 2. The largest absolute Gasteiger partial charge is 0.469 e. The monoisotopic (exact) mass is 285 g/mol. The highest BCUT2D eigenvalue weighted by molar-refractivity contribution is 5.70. The van der Waals surface area contributed by atoms with E-state index in [2.05, 4.69) is 4.74 Å². The van der Waals surface area contributed by atoms with Crippen LogP contribution in [0, 0.1) is 6.92 Å². The SMILES string of the molecule is COC(=O)C[C@@H](N)c1cccc(Oc2ccc(C)cc2)c1. The lowest BCUT2D eigenvalue weighted by atomic mass is 10.0. The molecular weight excluding hydrogens is 266 g/mol. The van der Waals surface area contributed by atoms with Crippen LogP contribution in [0.25, 0.3) is 0 Å². The fourth-order valence-corrected chi connectivity index (χ4v) is 1.93. The molecule has 4 nitrogen and oxygen atoms in total. The molecule has 0 aliphatic heterocycles. The Hall–Kier alpha value is -2.33. The highest BCUT2D eigenvalue weighted by Crippen LogP contribution is 2.25. The van der Waals surface area contributed by atoms with Crippen LogP contribution in [0.5, 0.6) is 11.5 Å². The average molecular weight is 285 g/mol. The number of carbonyl (C=O) groups excluding carboxylic acids is 1. The summed E-state index contributed by atoms with van der Waals surface area (Å²) in [6, 6.07) is 14.8. The van der Waals surface area contributed by atoms with Crippen molar-refractivity contribution in [2.45, 2.75) is 19.4 Å². The van der Waals surface area contributed by atoms with Crippen molar-refractivity contribution in [3.05, 3.63) is 59.7 Å². The molecule has 0 aliphatic rings. The van der Waals surface area contributed by atoms with Crippen LogP contribution in [-0.4, -0.2) is 13.1 Å². The number of rotatable bonds is 5. The average Bonchev–Trinajstić information content (AvgIpc) is 2.49. The zero-order chi connectivity index (χ0) is 15.2. The van der Waals surface area contributed by atoms with Gasteiger partial charge in [0.15, 0.2) is 0 Å². The molecule has 4 heteroatoms. The number of hydrogen-bond acceptors (Lipinski definition) is 4. The molecular formula is C17H19NO3. The van der Waals surface area contributed by atoms with E-state index in [1.54, 1.807) is 0 Å². The van der Waals surface area contributed by atoms with Gasteiger partial charge in [0.2, 0.25) is 0 Å². The van der Waals surface area contributed by atoms with Crippen molar-refractivity contribution < 1.29 is 14.3 Å². The number of methoxy groups -OCH3 is 1. The predicted octanol–water partition coefficient (Wildman–Crippen LogP) is 3.35. The van der Waals surface area contributed by atoms with Crippen LogP contribution >= 0.6 is 0 Å². The van der Waals surface area contributed by atoms with Gasteiger partial charge in [-0.1, -0.05) is 29.8 Å². The second kappa shape index (κ2) is 6.90. The molecule has 2 aromatic carbocycles. The lowest BCUT2D eigenvalue weighted by Gasteiger charge is -2.12. The van der Waals surface area contributed by atoms with Crippen molar-refractivity contribution in [3.8, 4) is 11.5 Å². The summed E-state index contributed by atoms with van der Waals surface area (Å²) < 4.78 is 10.4. The molecule has 0 amide bonds. The minimum atomic E-state index is -0.404. The quantitative estimate of drug-likeness (QED) is 0.856. The first kappa shape index (κ1) is 15.1. The summed E-state index contributed by atoms with van der Waals surface area (Å²) in [5, 5.41) is 0. The maximum Gasteiger partial charge on any atom is 0.307 e. The standard InChI is InChI=1S/C17H19NO3/c1-12-6-8-14(9-7-12)21-15-5-3-4-13(10-15)16(18)11-17(19)20-2/h3-10,16H,11,18H2,1-2H3/t16-/m1/s1. The molecule has 0 fully saturated rings. The van der Waals surface area contributed by atoms with E-state index in [1.807, 2.05) is 55.5 Å². The lowest BCUT2D eigenvalue weighted by molar-refractivity contribution is -0.141. The number of nitrogens with two attached hydrogens (primary N) is 1. The zero-order valence-electron chi connectivity index (χ0n) is 12.2. The van der Waals surface area contributed by atoms with Crippen LogP contribution in [0.1, 0.15) is 23.6 Å². The van der Waals surface area contributed by atoms with Gasteiger partial charge in [0.25, 0.3) is 0 Å². The first-order valence-electron chi connectivity index (χ1n) is 6.75. The van der Waals surface area contributed by atoms with Gasteiger partial charge in [0.05, 0.1) is 13.5 Å². The van der Waals surface area contributed by atoms with E-state index in [9.17, 15) is 4.79 Å². The van der Waals surface area contributed by atoms with Crippen LogP contribution in [-0.2, 0) is 9.53 Å². The summed E-state index contributed by atoms with van der Waals surface area (Å²) in [5.74, 6) is 1.13. The van der Waals surface area contributed by atoms with Gasteiger partial charge in [-0.2, -0.15) is 0 Å². The smallest absolute Gasteiger partial charge is 0.307 e. The zero-order valence-corrected chi connectivity index (χ0v) is 12.2. The van der Waals surface area contributed by atoms with Crippen LogP contribution in [0.4, 0.5) is 0 Å². The summed E-state index contributed by atoms with van der Waals surface area (Å²) in [7, 11) is 1.35. The topological polar surface area (TPSA) is 61.5 Å². The molecule has 0 saturated heterocycles. The molecule has 21 heavy (non-hydrogen) atoms. The highest BCUT2D eigenvalue weighted by Gasteiger charge is 2.12. The van der Waals surface area contributed by atoms with E-state index in [0.717, 1.165) is 11.3 Å². The molecule has 0 aromatic heterocycles. The Bertz CT molecular complexity index is 608. The van der Waals surface area contributed by atoms with E-state index in [1.165, 1.54) is 12.7 Å². The van der Waals surface area contributed by atoms with Gasteiger partial charge in [0.1, 0.15) is 11.5 Å². The maximum absolute atomic E-state index is 11.3. The number of esters is 1. The summed E-state index contributed by atoms with van der Waals surface area (Å²) in [6.45, 7) is 2.02. The first-order valence-corrected chi connectivity index (χ1v) is 6.75. The van der Waals surface area contributed by atoms with E-state index >= 15 is 0 Å². The Balaban J connectivity index is 2.10. The van der Waals surface area contributed by atoms with Crippen LogP contribution in [0.2, 0.25) is 0 Å². The molecule has 2 rings (SSSR count). The van der Waals surface area contributed by atoms with Gasteiger partial charge in [-0.3, -0.25) is 4.79 Å². The van der Waals surface area contributed by atoms with E-state index < -0.39 is 6.04 Å². The Labute approximate surface area is 124 Å². The van der Waals surface area contributed by atoms with Crippen molar-refractivity contribution >= 4 is 5.97 Å². The van der Waals surface area contributed by atoms with Crippen molar-refractivity contribution in [2.75, 3.05) is 7.11 Å². The second-order valence-corrected chi connectivity index (χ2v) is 4.87. The van der Waals surface area contributed by atoms with Gasteiger partial charge in [0, 0.05) is 6.04 Å². The Morgan fingerprint density at radius 2 is 1.86 bits per heavy atom. The normalized spacial score (nSPS) is 11.8. The van der Waals surface area contributed by atoms with E-state index in [0.29, 0.717) is 5.75 Å². The number of carbonyl (C=O) groups is 1. The molecule has 0 unspecified atom stereocenters. The minimum Gasteiger partial charge on any atom is -0.469 e. The molecule has 0 aliphatic carbocycles. The van der Waals surface area contributed by atoms with Gasteiger partial charge in [-0.05, 0) is 36.8 Å². The third-order valence-corrected chi connectivity index (χ3v) is 3.16. The number of benzene rings is 2. The lowest BCUT2D eigenvalue weighted by Crippen LogP contribution is -2.16. The predicted molar refractivity (Wildman–Crippen MR) is 81.3 cm³/mol. The molecule has 2 N–H and O–H groups in total. The van der Waals surface area contributed by atoms with Crippen molar-refractivity contribution in [1.29, 1.82) is 0 Å². The molecule has 0 heterocycles. The van der Waals surface area contributed by atoms with Gasteiger partial charge < -0.3 is 15.2 Å². The minimum absolute atomic E-state index is 0.143. The number of hydrogen-bond donors (Lipinski definition) is 1. The van der Waals surface area contributed by atoms with Gasteiger partial charge in [-0.15, -0.1) is 0 Å². The van der Waals surface area contributed by atoms with Crippen LogP contribution in [0.3, 0.4) is 0 Å². The molecule has 0 bridgehead atoms. The van der Waals surface area contributed by atoms with Crippen LogP contribution < -0.4 is 10.5 Å². The molecule has 0 spiro atoms. The van der Waals surface area contributed by atoms with Crippen molar-refractivity contribution in [2.24, 2.45) is 5.73 Å². The van der Waals surface area contributed by atoms with E-state index in [4.69, 9.17) is 10.5 Å². The second-order valence-electron chi connectivity index (χ2n) is 4.87. The third kappa shape index (κ3) is 4.33. The Morgan fingerprint density at radius 3 is 2.52 bits per heavy atom. The molecule has 1 atom stereocenters. The van der Waals surface area contributed by atoms with Crippen molar-refractivity contribution in [1.82, 2.24) is 0 Å². The Morgan fingerprint density at radius 1 is 1.14 bits per heavy atom. The fraction of sp³-hybridized carbons (Fsp3) is 0.235. The number of aryl methyl sites for hydroxylation is 1. The summed E-state index contributed by atoms with van der Waals surface area (Å²) >= 11 is 0. The highest BCUT2D eigenvalue weighted by atomic mass is 16.5. The molecule has 0 saturated carbocycles. The molecule has 0 radical (unpaired) electrons. The summed E-state index contributed by atoms with van der Waals surface area (Å²) in [4.78, 5) is 11.3. The van der Waals surface area contributed by atoms with Crippen molar-refractivity contribution in [3.63, 3.8) is 0 Å². The third-order valence-electron chi connectivity index (χ3n) is 3.16. The van der Waals surface area contributed by atoms with Crippen LogP contribution in [0.15, 0.2) is 48.5 Å². The summed E-state index contributed by atoms with van der Waals surface area (Å²) in [6.07, 6.45) is 0.143. The van der Waals surface area contributed by atoms with Gasteiger partial charge in [-0.25, -0.2) is 0 Å². The van der Waals surface area contributed by atoms with Gasteiger partial charge >= 0.3 is 5.97 Å². The Kier molecular flexibility index (Phi) is 4.95. The first-order chi connectivity index (χ1) is 10.1. The fourth-order valence-electron chi connectivity index (χ4n) is 1.93. The molecule has 110 valence electrons. The molecule has 2 aromatic rings. The summed E-state index contributed by atoms with van der Waals surface area (Å²) in [5.41, 5.74) is 8.01. The van der Waals surface area contributed by atoms with E-state index in [-0.39, 0.29) is 12.4 Å². The maximum atomic E-state index is 11.3.